The zero-order valence-electron chi connectivity index (χ0n) is 36.7. The van der Waals surface area contributed by atoms with Crippen molar-refractivity contribution in [1.29, 1.82) is 0 Å². The molecule has 2 aromatic heterocycles. The van der Waals surface area contributed by atoms with Crippen LogP contribution in [0.4, 0.5) is 10.6 Å². The third kappa shape index (κ3) is 9.58. The Kier molecular flexibility index (Phi) is 12.3. The molecule has 5 aliphatic rings. The van der Waals surface area contributed by atoms with Crippen LogP contribution in [0.25, 0.3) is 16.7 Å². The number of hydrogen-bond acceptors (Lipinski definition) is 12. The quantitative estimate of drug-likeness (QED) is 0.156. The molecule has 2 aliphatic heterocycles. The first kappa shape index (κ1) is 43.5. The molecule has 5 fully saturated rings. The van der Waals surface area contributed by atoms with Crippen molar-refractivity contribution in [2.75, 3.05) is 51.3 Å². The van der Waals surface area contributed by atoms with Gasteiger partial charge < -0.3 is 44.9 Å². The number of pyridine rings is 1. The third-order valence-electron chi connectivity index (χ3n) is 13.1. The third-order valence-corrected chi connectivity index (χ3v) is 13.1. The Labute approximate surface area is 362 Å². The number of amides is 3. The van der Waals surface area contributed by atoms with Crippen LogP contribution in [-0.2, 0) is 23.9 Å². The standard InChI is InChI=1S/C45H62N8O9/c1-7-29-24-45(29,42(56)57)49-40(54)35-22-32(25-52(35)41(55)39(44(4,5)6)48-43(58)62-31-19-27-18-28(27)20-31)61-36-23-38(53-11-10-37(50-53)46-26(2)3)47-34-21-30(8-9-33(34)36)60-17-14-51-12-15-59-16-13-51/h8-11,21,23,26-29,31-32,35,39H,7,12-20,22,24-25H2,1-6H3,(H,46,50)(H,48,58)(H,49,54)(H,56,57)/t27-,28+,29-,31?,32-,35+,39?,45-/m1/s1. The molecule has 0 bridgehead atoms. The Morgan fingerprint density at radius 2 is 1.77 bits per heavy atom. The number of carbonyl (C=O) groups excluding carboxylic acids is 3. The van der Waals surface area contributed by atoms with Gasteiger partial charge in [-0.25, -0.2) is 19.3 Å². The Morgan fingerprint density at radius 1 is 1.02 bits per heavy atom. The lowest BCUT2D eigenvalue weighted by Crippen LogP contribution is -2.59. The molecule has 336 valence electrons. The highest BCUT2D eigenvalue weighted by molar-refractivity contribution is 5.96. The van der Waals surface area contributed by atoms with Crippen LogP contribution in [0.5, 0.6) is 11.5 Å². The summed E-state index contributed by atoms with van der Waals surface area (Å²) in [6.45, 7) is 15.9. The summed E-state index contributed by atoms with van der Waals surface area (Å²) in [5.41, 5.74) is -1.59. The summed E-state index contributed by atoms with van der Waals surface area (Å²) in [5.74, 6) is 1.07. The second kappa shape index (κ2) is 17.5. The monoisotopic (exact) mass is 858 g/mol. The van der Waals surface area contributed by atoms with Gasteiger partial charge in [-0.3, -0.25) is 14.5 Å². The van der Waals surface area contributed by atoms with Crippen LogP contribution in [0.15, 0.2) is 36.5 Å². The molecular weight excluding hydrogens is 797 g/mol. The smallest absolute Gasteiger partial charge is 0.408 e. The van der Waals surface area contributed by atoms with E-state index >= 15 is 0 Å². The van der Waals surface area contributed by atoms with Gasteiger partial charge in [0.1, 0.15) is 53.8 Å². The molecule has 3 saturated carbocycles. The highest BCUT2D eigenvalue weighted by Gasteiger charge is 2.61. The van der Waals surface area contributed by atoms with Crippen molar-refractivity contribution in [1.82, 2.24) is 35.2 Å². The molecule has 3 aliphatic carbocycles. The molecule has 1 aromatic carbocycles. The second-order valence-corrected chi connectivity index (χ2v) is 19.2. The van der Waals surface area contributed by atoms with Crippen LogP contribution < -0.4 is 25.4 Å². The van der Waals surface area contributed by atoms with Gasteiger partial charge in [-0.2, -0.15) is 0 Å². The van der Waals surface area contributed by atoms with E-state index in [1.807, 2.05) is 72.0 Å². The van der Waals surface area contributed by atoms with Crippen molar-refractivity contribution >= 4 is 40.6 Å². The number of morpholine rings is 1. The number of carbonyl (C=O) groups is 4. The van der Waals surface area contributed by atoms with Gasteiger partial charge >= 0.3 is 12.1 Å². The number of rotatable bonds is 16. The topological polar surface area (TPSA) is 199 Å². The summed E-state index contributed by atoms with van der Waals surface area (Å²) in [5, 5.41) is 24.6. The number of anilines is 1. The van der Waals surface area contributed by atoms with E-state index in [2.05, 4.69) is 20.9 Å². The lowest BCUT2D eigenvalue weighted by molar-refractivity contribution is -0.146. The number of likely N-dealkylation sites (tertiary alicyclic amines) is 1. The van der Waals surface area contributed by atoms with Crippen LogP contribution >= 0.6 is 0 Å². The number of ether oxygens (including phenoxy) is 4. The molecule has 62 heavy (non-hydrogen) atoms. The van der Waals surface area contributed by atoms with Crippen LogP contribution in [0, 0.1) is 23.2 Å². The highest BCUT2D eigenvalue weighted by Crippen LogP contribution is 2.52. The molecule has 0 radical (unpaired) electrons. The zero-order chi connectivity index (χ0) is 43.9. The SMILES string of the molecule is CC[C@@H]1C[C@]1(NC(=O)[C@@H]1C[C@@H](Oc2cc(-n3ccc(NC(C)C)n3)nc3cc(OCCN4CCOCC4)ccc23)CN1C(=O)C(NC(=O)OC1C[C@@H]2C[C@@H]2C1)C(C)(C)C)C(=O)O. The molecule has 0 spiro atoms. The Balaban J connectivity index is 1.07. The summed E-state index contributed by atoms with van der Waals surface area (Å²) in [4.78, 5) is 63.6. The van der Waals surface area contributed by atoms with E-state index in [0.717, 1.165) is 32.5 Å². The number of benzene rings is 1. The number of carboxylic acid groups (broad SMARTS) is 1. The number of nitrogens with zero attached hydrogens (tertiary/aromatic N) is 5. The van der Waals surface area contributed by atoms with E-state index < -0.39 is 53.0 Å². The predicted octanol–water partition coefficient (Wildman–Crippen LogP) is 4.61. The Bertz CT molecular complexity index is 2140. The van der Waals surface area contributed by atoms with Gasteiger partial charge in [-0.05, 0) is 74.8 Å². The van der Waals surface area contributed by atoms with Crippen LogP contribution in [0.3, 0.4) is 0 Å². The molecule has 4 heterocycles. The van der Waals surface area contributed by atoms with Crippen LogP contribution in [0.2, 0.25) is 0 Å². The minimum Gasteiger partial charge on any atom is -0.492 e. The molecule has 2 saturated heterocycles. The van der Waals surface area contributed by atoms with E-state index in [-0.39, 0.29) is 31.0 Å². The number of alkyl carbamates (subject to hydrolysis) is 1. The lowest BCUT2D eigenvalue weighted by Gasteiger charge is -2.35. The average molecular weight is 859 g/mol. The minimum absolute atomic E-state index is 0.00436. The minimum atomic E-state index is -1.40. The van der Waals surface area contributed by atoms with Gasteiger partial charge in [0.15, 0.2) is 5.82 Å². The van der Waals surface area contributed by atoms with Gasteiger partial charge in [0.25, 0.3) is 0 Å². The van der Waals surface area contributed by atoms with Gasteiger partial charge in [0.05, 0.1) is 25.3 Å². The Morgan fingerprint density at radius 3 is 2.45 bits per heavy atom. The molecule has 8 atom stereocenters. The van der Waals surface area contributed by atoms with Crippen molar-refractivity contribution in [3.8, 4) is 17.3 Å². The maximum Gasteiger partial charge on any atom is 0.408 e. The summed E-state index contributed by atoms with van der Waals surface area (Å²) in [7, 11) is 0. The number of aromatic nitrogens is 3. The summed E-state index contributed by atoms with van der Waals surface area (Å²) < 4.78 is 25.9. The molecule has 3 aromatic rings. The number of hydrogen-bond donors (Lipinski definition) is 4. The van der Waals surface area contributed by atoms with E-state index in [1.54, 1.807) is 10.7 Å². The molecule has 17 nitrogen and oxygen atoms in total. The number of aliphatic carboxylic acids is 1. The lowest BCUT2D eigenvalue weighted by atomic mass is 9.85. The van der Waals surface area contributed by atoms with Gasteiger partial charge in [0, 0.05) is 61.9 Å². The molecule has 2 unspecified atom stereocenters. The number of nitrogens with one attached hydrogen (secondary N) is 3. The van der Waals surface area contributed by atoms with E-state index in [0.29, 0.717) is 78.5 Å². The summed E-state index contributed by atoms with van der Waals surface area (Å²) in [6.07, 6.45) is 4.04. The van der Waals surface area contributed by atoms with E-state index in [9.17, 15) is 24.3 Å². The van der Waals surface area contributed by atoms with Crippen molar-refractivity contribution in [2.45, 2.75) is 116 Å². The van der Waals surface area contributed by atoms with Crippen molar-refractivity contribution < 1.29 is 43.2 Å². The summed E-state index contributed by atoms with van der Waals surface area (Å²) in [6, 6.07) is 7.28. The first-order valence-corrected chi connectivity index (χ1v) is 22.3. The molecule has 8 rings (SSSR count). The fourth-order valence-corrected chi connectivity index (χ4v) is 9.43. The predicted molar refractivity (Wildman–Crippen MR) is 229 cm³/mol. The first-order chi connectivity index (χ1) is 29.6. The Hall–Kier alpha value is -5.16. The highest BCUT2D eigenvalue weighted by atomic mass is 16.6. The maximum atomic E-state index is 14.8. The largest absolute Gasteiger partial charge is 0.492 e. The van der Waals surface area contributed by atoms with Gasteiger partial charge in [-0.15, -0.1) is 5.10 Å². The molecule has 17 heteroatoms. The van der Waals surface area contributed by atoms with Crippen molar-refractivity contribution in [3.63, 3.8) is 0 Å². The van der Waals surface area contributed by atoms with Gasteiger partial charge in [0.2, 0.25) is 11.8 Å². The fraction of sp³-hybridized carbons (Fsp3) is 0.644. The van der Waals surface area contributed by atoms with Crippen LogP contribution in [0.1, 0.15) is 80.1 Å². The zero-order valence-corrected chi connectivity index (χ0v) is 36.7. The van der Waals surface area contributed by atoms with Crippen molar-refractivity contribution in [3.05, 3.63) is 36.5 Å². The molecular formula is C45H62N8O9. The maximum absolute atomic E-state index is 14.8. The number of carboxylic acids is 1. The average Bonchev–Trinajstić information content (AvgIpc) is 3.89. The molecule has 3 amide bonds. The summed E-state index contributed by atoms with van der Waals surface area (Å²) >= 11 is 0. The molecule has 4 N–H and O–H groups in total. The van der Waals surface area contributed by atoms with E-state index in [4.69, 9.17) is 29.0 Å². The normalized spacial score (nSPS) is 27.4. The second-order valence-electron chi connectivity index (χ2n) is 19.2. The number of fused-ring (bicyclic) bond motifs is 2. The first-order valence-electron chi connectivity index (χ1n) is 22.3. The van der Waals surface area contributed by atoms with Crippen LogP contribution in [-0.4, -0.2) is 135 Å². The van der Waals surface area contributed by atoms with E-state index in [1.165, 1.54) is 11.3 Å². The van der Waals surface area contributed by atoms with Crippen molar-refractivity contribution in [2.24, 2.45) is 23.2 Å². The van der Waals surface area contributed by atoms with Gasteiger partial charge in [-0.1, -0.05) is 34.1 Å². The fourth-order valence-electron chi connectivity index (χ4n) is 9.43.